The van der Waals surface area contributed by atoms with Gasteiger partial charge in [-0.15, -0.1) is 0 Å². The number of aryl methyl sites for hydroxylation is 1. The Morgan fingerprint density at radius 3 is 2.48 bits per heavy atom. The topological polar surface area (TPSA) is 78.2 Å². The van der Waals surface area contributed by atoms with Gasteiger partial charge in [0.2, 0.25) is 5.76 Å². The molecule has 2 aromatic carbocycles. The van der Waals surface area contributed by atoms with Crippen molar-refractivity contribution in [2.24, 2.45) is 0 Å². The monoisotopic (exact) mass is 451 g/mol. The van der Waals surface area contributed by atoms with Gasteiger partial charge in [0.05, 0.1) is 30.2 Å². The molecule has 7 heteroatoms. The van der Waals surface area contributed by atoms with Crippen LogP contribution >= 0.6 is 0 Å². The van der Waals surface area contributed by atoms with Crippen LogP contribution in [0.4, 0.5) is 0 Å². The van der Waals surface area contributed by atoms with Crippen LogP contribution in [0.5, 0.6) is 11.5 Å². The Morgan fingerprint density at radius 2 is 1.76 bits per heavy atom. The van der Waals surface area contributed by atoms with E-state index in [0.717, 1.165) is 11.1 Å². The van der Waals surface area contributed by atoms with E-state index in [1.165, 1.54) is 0 Å². The van der Waals surface area contributed by atoms with Crippen molar-refractivity contribution in [3.63, 3.8) is 0 Å². The van der Waals surface area contributed by atoms with Crippen molar-refractivity contribution in [3.05, 3.63) is 69.1 Å². The van der Waals surface area contributed by atoms with E-state index in [1.54, 1.807) is 24.1 Å². The molecule has 1 aliphatic rings. The summed E-state index contributed by atoms with van der Waals surface area (Å²) in [4.78, 5) is 28.7. The summed E-state index contributed by atoms with van der Waals surface area (Å²) in [6.45, 7) is 7.63. The molecular weight excluding hydrogens is 422 g/mol. The first-order valence-corrected chi connectivity index (χ1v) is 11.3. The highest BCUT2D eigenvalue weighted by atomic mass is 16.5. The van der Waals surface area contributed by atoms with Crippen molar-refractivity contribution in [3.8, 4) is 11.5 Å². The third-order valence-electron chi connectivity index (χ3n) is 5.75. The second kappa shape index (κ2) is 9.67. The Kier molecular flexibility index (Phi) is 6.70. The molecule has 33 heavy (non-hydrogen) atoms. The molecule has 2 heterocycles. The zero-order valence-corrected chi connectivity index (χ0v) is 19.5. The van der Waals surface area contributed by atoms with E-state index in [0.29, 0.717) is 60.8 Å². The maximum atomic E-state index is 13.6. The van der Waals surface area contributed by atoms with Gasteiger partial charge < -0.3 is 23.5 Å². The largest absolute Gasteiger partial charge is 0.490 e. The lowest BCUT2D eigenvalue weighted by molar-refractivity contribution is 0.0707. The minimum absolute atomic E-state index is 0.102. The molecule has 0 saturated carbocycles. The lowest BCUT2D eigenvalue weighted by Gasteiger charge is -2.25. The van der Waals surface area contributed by atoms with Crippen LogP contribution in [0.1, 0.15) is 53.6 Å². The second-order valence-electron chi connectivity index (χ2n) is 7.99. The van der Waals surface area contributed by atoms with Gasteiger partial charge >= 0.3 is 0 Å². The van der Waals surface area contributed by atoms with Gasteiger partial charge in [-0.1, -0.05) is 17.7 Å². The first-order valence-electron chi connectivity index (χ1n) is 11.3. The van der Waals surface area contributed by atoms with Gasteiger partial charge in [-0.3, -0.25) is 9.59 Å². The van der Waals surface area contributed by atoms with Gasteiger partial charge in [-0.2, -0.15) is 0 Å². The lowest BCUT2D eigenvalue weighted by Crippen LogP contribution is -2.31. The van der Waals surface area contributed by atoms with Crippen LogP contribution in [0.2, 0.25) is 0 Å². The van der Waals surface area contributed by atoms with E-state index in [-0.39, 0.29) is 17.1 Å². The third-order valence-corrected chi connectivity index (χ3v) is 5.75. The van der Waals surface area contributed by atoms with Gasteiger partial charge in [0.15, 0.2) is 16.9 Å². The van der Waals surface area contributed by atoms with Crippen LogP contribution in [0.25, 0.3) is 11.0 Å². The van der Waals surface area contributed by atoms with Crippen molar-refractivity contribution in [2.45, 2.75) is 33.2 Å². The number of hydrogen-bond acceptors (Lipinski definition) is 6. The van der Waals surface area contributed by atoms with Gasteiger partial charge in [0.25, 0.3) is 5.91 Å². The molecule has 0 fully saturated rings. The molecule has 7 nitrogen and oxygen atoms in total. The minimum Gasteiger partial charge on any atom is -0.490 e. The lowest BCUT2D eigenvalue weighted by atomic mass is 9.97. The smallest absolute Gasteiger partial charge is 0.290 e. The van der Waals surface area contributed by atoms with Crippen molar-refractivity contribution in [1.29, 1.82) is 0 Å². The number of carbonyl (C=O) groups excluding carboxylic acids is 1. The molecule has 0 aliphatic carbocycles. The van der Waals surface area contributed by atoms with Crippen LogP contribution in [-0.4, -0.2) is 44.3 Å². The maximum Gasteiger partial charge on any atom is 0.290 e. The number of rotatable bonds is 9. The van der Waals surface area contributed by atoms with Crippen molar-refractivity contribution in [1.82, 2.24) is 4.90 Å². The fourth-order valence-corrected chi connectivity index (χ4v) is 4.33. The standard InChI is InChI=1S/C26H29NO6/c1-5-31-20-11-9-17(15-21(20)32-6-2)23-22-24(28)18-14-16(3)8-10-19(18)33-25(22)26(29)27(23)12-7-13-30-4/h8-11,14-15,23H,5-7,12-13H2,1-4H3/t23-/m0/s1. The van der Waals surface area contributed by atoms with Crippen LogP contribution in [-0.2, 0) is 4.74 Å². The fraction of sp³-hybridized carbons (Fsp3) is 0.385. The second-order valence-corrected chi connectivity index (χ2v) is 7.99. The average molecular weight is 452 g/mol. The molecule has 0 spiro atoms. The van der Waals surface area contributed by atoms with Crippen LogP contribution in [0, 0.1) is 6.92 Å². The van der Waals surface area contributed by atoms with E-state index < -0.39 is 6.04 Å². The predicted octanol–water partition coefficient (Wildman–Crippen LogP) is 4.48. The van der Waals surface area contributed by atoms with E-state index in [4.69, 9.17) is 18.6 Å². The summed E-state index contributed by atoms with van der Waals surface area (Å²) < 4.78 is 22.7. The number of ether oxygens (including phenoxy) is 3. The van der Waals surface area contributed by atoms with Gasteiger partial charge in [-0.25, -0.2) is 0 Å². The number of benzene rings is 2. The molecule has 1 aromatic heterocycles. The van der Waals surface area contributed by atoms with Crippen LogP contribution in [0.15, 0.2) is 45.6 Å². The Labute approximate surface area is 192 Å². The van der Waals surface area contributed by atoms with Crippen LogP contribution < -0.4 is 14.9 Å². The third kappa shape index (κ3) is 4.20. The molecule has 174 valence electrons. The number of methoxy groups -OCH3 is 1. The van der Waals surface area contributed by atoms with Crippen molar-refractivity contribution < 1.29 is 23.4 Å². The maximum absolute atomic E-state index is 13.6. The van der Waals surface area contributed by atoms with Gasteiger partial charge in [0.1, 0.15) is 5.58 Å². The number of nitrogens with zero attached hydrogens (tertiary/aromatic N) is 1. The summed E-state index contributed by atoms with van der Waals surface area (Å²) in [5, 5.41) is 0.473. The summed E-state index contributed by atoms with van der Waals surface area (Å²) >= 11 is 0. The number of fused-ring (bicyclic) bond motifs is 2. The normalized spacial score (nSPS) is 15.2. The highest BCUT2D eigenvalue weighted by Gasteiger charge is 2.42. The van der Waals surface area contributed by atoms with Gasteiger partial charge in [0, 0.05) is 20.3 Å². The Bertz CT molecular complexity index is 1230. The Morgan fingerprint density at radius 1 is 1.00 bits per heavy atom. The zero-order valence-electron chi connectivity index (χ0n) is 19.5. The number of hydrogen-bond donors (Lipinski definition) is 0. The van der Waals surface area contributed by atoms with E-state index in [1.807, 2.05) is 45.0 Å². The van der Waals surface area contributed by atoms with E-state index in [2.05, 4.69) is 0 Å². The summed E-state index contributed by atoms with van der Waals surface area (Å²) in [6, 6.07) is 10.4. The van der Waals surface area contributed by atoms with Crippen molar-refractivity contribution >= 4 is 16.9 Å². The molecule has 0 N–H and O–H groups in total. The average Bonchev–Trinajstić information content (AvgIpc) is 3.08. The van der Waals surface area contributed by atoms with E-state index >= 15 is 0 Å². The number of carbonyl (C=O) groups is 1. The molecule has 1 atom stereocenters. The molecule has 0 saturated heterocycles. The number of amides is 1. The summed E-state index contributed by atoms with van der Waals surface area (Å²) in [6.07, 6.45) is 0.634. The molecule has 0 radical (unpaired) electrons. The van der Waals surface area contributed by atoms with Crippen molar-refractivity contribution in [2.75, 3.05) is 33.5 Å². The Hall–Kier alpha value is -3.32. The molecule has 1 amide bonds. The summed E-state index contributed by atoms with van der Waals surface area (Å²) in [7, 11) is 1.62. The highest BCUT2D eigenvalue weighted by molar-refractivity contribution is 5.99. The first kappa shape index (κ1) is 22.9. The molecule has 1 aliphatic heterocycles. The van der Waals surface area contributed by atoms with Gasteiger partial charge in [-0.05, 0) is 57.0 Å². The summed E-state index contributed by atoms with van der Waals surface area (Å²) in [5.41, 5.74) is 2.31. The van der Waals surface area contributed by atoms with E-state index in [9.17, 15) is 9.59 Å². The quantitative estimate of drug-likeness (QED) is 0.447. The molecular formula is C26H29NO6. The molecule has 4 rings (SSSR count). The summed E-state index contributed by atoms with van der Waals surface area (Å²) in [5.74, 6) is 1.01. The van der Waals surface area contributed by atoms with Crippen LogP contribution in [0.3, 0.4) is 0 Å². The first-order chi connectivity index (χ1) is 16.0. The minimum atomic E-state index is -0.583. The SMILES string of the molecule is CCOc1ccc([C@H]2c3c(oc4ccc(C)cc4c3=O)C(=O)N2CCCOC)cc1OCC. The fourth-order valence-electron chi connectivity index (χ4n) is 4.33. The zero-order chi connectivity index (χ0) is 23.5. The molecule has 3 aromatic rings. The highest BCUT2D eigenvalue weighted by Crippen LogP contribution is 2.41. The Balaban J connectivity index is 1.90. The predicted molar refractivity (Wildman–Crippen MR) is 125 cm³/mol. The molecule has 0 bridgehead atoms. The molecule has 0 unspecified atom stereocenters.